The first-order chi connectivity index (χ1) is 15.6. The summed E-state index contributed by atoms with van der Waals surface area (Å²) < 4.78 is 19.0. The standard InChI is InChI=1S/C22H22ClFN6O2/c23-7-2-8-32-17-5-6-18-19(12-17)25-13-26-22(18)28-20-10-16(29-30-20)11-21(31)27-15-4-1-3-14(24)9-15/h1,3-6,9-10,12-13,22H,2,7-8,11H2,(H,25,26)(H,27,31)(H2,28,29,30). The smallest absolute Gasteiger partial charge is 0.230 e. The Morgan fingerprint density at radius 3 is 2.97 bits per heavy atom. The molecule has 32 heavy (non-hydrogen) atoms. The van der Waals surface area contributed by atoms with E-state index in [2.05, 4.69) is 31.1 Å². The predicted molar refractivity (Wildman–Crippen MR) is 123 cm³/mol. The SMILES string of the molecule is O=C(Cc1cc(NC2N=CNc3cc(OCCCCl)ccc32)n[nH]1)Nc1cccc(F)c1. The molecule has 1 unspecified atom stereocenters. The number of hydrogen-bond acceptors (Lipinski definition) is 6. The van der Waals surface area contributed by atoms with Crippen molar-refractivity contribution in [1.82, 2.24) is 10.2 Å². The number of H-pyrrole nitrogens is 1. The number of rotatable bonds is 9. The van der Waals surface area contributed by atoms with Crippen molar-refractivity contribution in [2.24, 2.45) is 4.99 Å². The van der Waals surface area contributed by atoms with E-state index in [1.165, 1.54) is 18.2 Å². The van der Waals surface area contributed by atoms with E-state index in [1.807, 2.05) is 18.2 Å². The molecule has 4 N–H and O–H groups in total. The van der Waals surface area contributed by atoms with Crippen molar-refractivity contribution in [2.45, 2.75) is 19.0 Å². The molecule has 0 aliphatic carbocycles. The maximum atomic E-state index is 13.3. The van der Waals surface area contributed by atoms with Gasteiger partial charge in [0.2, 0.25) is 5.91 Å². The average Bonchev–Trinajstić information content (AvgIpc) is 3.20. The van der Waals surface area contributed by atoms with Crippen LogP contribution in [0.3, 0.4) is 0 Å². The number of carbonyl (C=O) groups is 1. The molecule has 2 heterocycles. The first-order valence-corrected chi connectivity index (χ1v) is 10.6. The normalized spacial score (nSPS) is 14.4. The lowest BCUT2D eigenvalue weighted by atomic mass is 10.1. The Hall–Kier alpha value is -3.59. The molecule has 0 bridgehead atoms. The van der Waals surface area contributed by atoms with E-state index in [1.54, 1.807) is 18.5 Å². The fourth-order valence-electron chi connectivity index (χ4n) is 3.22. The van der Waals surface area contributed by atoms with Gasteiger partial charge in [0.05, 0.1) is 25.1 Å². The Bertz CT molecular complexity index is 1120. The number of aliphatic imine (C=N–C) groups is 1. The number of nitrogens with zero attached hydrogens (tertiary/aromatic N) is 2. The number of anilines is 3. The predicted octanol–water partition coefficient (Wildman–Crippen LogP) is 4.30. The lowest BCUT2D eigenvalue weighted by Crippen LogP contribution is -2.17. The van der Waals surface area contributed by atoms with Crippen LogP contribution in [0.25, 0.3) is 0 Å². The van der Waals surface area contributed by atoms with Gasteiger partial charge in [-0.1, -0.05) is 6.07 Å². The maximum Gasteiger partial charge on any atom is 0.230 e. The third kappa shape index (κ3) is 5.55. The molecule has 0 spiro atoms. The lowest BCUT2D eigenvalue weighted by molar-refractivity contribution is -0.115. The molecule has 10 heteroatoms. The molecule has 4 rings (SSSR count). The van der Waals surface area contributed by atoms with E-state index in [9.17, 15) is 9.18 Å². The van der Waals surface area contributed by atoms with Crippen LogP contribution in [0.5, 0.6) is 5.75 Å². The zero-order chi connectivity index (χ0) is 22.3. The van der Waals surface area contributed by atoms with E-state index in [0.717, 1.165) is 23.4 Å². The van der Waals surface area contributed by atoms with Crippen LogP contribution in [0.15, 0.2) is 53.5 Å². The van der Waals surface area contributed by atoms with Gasteiger partial charge >= 0.3 is 0 Å². The molecule has 166 valence electrons. The third-order valence-electron chi connectivity index (χ3n) is 4.68. The molecule has 1 aliphatic rings. The second kappa shape index (κ2) is 10.1. The minimum absolute atomic E-state index is 0.0697. The van der Waals surface area contributed by atoms with Gasteiger partial charge < -0.3 is 20.7 Å². The van der Waals surface area contributed by atoms with Gasteiger partial charge in [-0.15, -0.1) is 11.6 Å². The molecule has 1 aromatic heterocycles. The van der Waals surface area contributed by atoms with E-state index in [0.29, 0.717) is 29.7 Å². The molecule has 8 nitrogen and oxygen atoms in total. The summed E-state index contributed by atoms with van der Waals surface area (Å²) in [4.78, 5) is 16.7. The lowest BCUT2D eigenvalue weighted by Gasteiger charge is -2.22. The number of fused-ring (bicyclic) bond motifs is 1. The average molecular weight is 457 g/mol. The molecule has 2 aromatic carbocycles. The van der Waals surface area contributed by atoms with Crippen LogP contribution in [0.4, 0.5) is 21.6 Å². The summed E-state index contributed by atoms with van der Waals surface area (Å²) in [5.74, 6) is 1.17. The fourth-order valence-corrected chi connectivity index (χ4v) is 3.33. The summed E-state index contributed by atoms with van der Waals surface area (Å²) >= 11 is 5.69. The number of carbonyl (C=O) groups excluding carboxylic acids is 1. The Morgan fingerprint density at radius 1 is 1.22 bits per heavy atom. The molecular weight excluding hydrogens is 435 g/mol. The summed E-state index contributed by atoms with van der Waals surface area (Å²) in [5.41, 5.74) is 2.83. The largest absolute Gasteiger partial charge is 0.493 e. The number of halogens is 2. The van der Waals surface area contributed by atoms with Crippen molar-refractivity contribution >= 4 is 41.0 Å². The molecule has 0 saturated heterocycles. The Morgan fingerprint density at radius 2 is 2.12 bits per heavy atom. The number of ether oxygens (including phenoxy) is 1. The Labute approximate surface area is 189 Å². The van der Waals surface area contributed by atoms with Crippen LogP contribution in [-0.4, -0.2) is 34.9 Å². The summed E-state index contributed by atoms with van der Waals surface area (Å²) in [5, 5.41) is 16.1. The van der Waals surface area contributed by atoms with Crippen molar-refractivity contribution < 1.29 is 13.9 Å². The molecule has 1 aliphatic heterocycles. The number of aromatic nitrogens is 2. The van der Waals surface area contributed by atoms with Gasteiger partial charge in [-0.25, -0.2) is 9.38 Å². The number of aromatic amines is 1. The van der Waals surface area contributed by atoms with Crippen LogP contribution in [-0.2, 0) is 11.2 Å². The van der Waals surface area contributed by atoms with Crippen molar-refractivity contribution in [1.29, 1.82) is 0 Å². The highest BCUT2D eigenvalue weighted by Crippen LogP contribution is 2.32. The zero-order valence-electron chi connectivity index (χ0n) is 17.1. The van der Waals surface area contributed by atoms with Crippen LogP contribution in [0, 0.1) is 5.82 Å². The number of amides is 1. The van der Waals surface area contributed by atoms with Gasteiger partial charge in [0.25, 0.3) is 0 Å². The fraction of sp³-hybridized carbons (Fsp3) is 0.227. The molecule has 0 fully saturated rings. The number of benzene rings is 2. The van der Waals surface area contributed by atoms with E-state index >= 15 is 0 Å². The van der Waals surface area contributed by atoms with E-state index in [-0.39, 0.29) is 18.5 Å². The second-order valence-electron chi connectivity index (χ2n) is 7.12. The minimum Gasteiger partial charge on any atom is -0.493 e. The van der Waals surface area contributed by atoms with Crippen LogP contribution < -0.4 is 20.7 Å². The second-order valence-corrected chi connectivity index (χ2v) is 7.50. The summed E-state index contributed by atoms with van der Waals surface area (Å²) in [6, 6.07) is 13.2. The summed E-state index contributed by atoms with van der Waals surface area (Å²) in [6.07, 6.45) is 2.11. The quantitative estimate of drug-likeness (QED) is 0.284. The third-order valence-corrected chi connectivity index (χ3v) is 4.95. The number of nitrogens with one attached hydrogen (secondary N) is 4. The first kappa shape index (κ1) is 21.6. The Kier molecular flexibility index (Phi) is 6.86. The molecule has 0 saturated carbocycles. The maximum absolute atomic E-state index is 13.3. The minimum atomic E-state index is -0.410. The molecule has 0 radical (unpaired) electrons. The molecule has 1 amide bonds. The highest BCUT2D eigenvalue weighted by molar-refractivity contribution is 6.17. The number of alkyl halides is 1. The molecule has 3 aromatic rings. The van der Waals surface area contributed by atoms with Crippen molar-refractivity contribution in [3.05, 3.63) is 65.6 Å². The molecular formula is C22H22ClFN6O2. The van der Waals surface area contributed by atoms with Crippen molar-refractivity contribution in [3.8, 4) is 5.75 Å². The monoisotopic (exact) mass is 456 g/mol. The van der Waals surface area contributed by atoms with Gasteiger partial charge in [-0.3, -0.25) is 9.89 Å². The van der Waals surface area contributed by atoms with E-state index in [4.69, 9.17) is 16.3 Å². The Balaban J connectivity index is 1.37. The zero-order valence-corrected chi connectivity index (χ0v) is 17.8. The topological polar surface area (TPSA) is 103 Å². The van der Waals surface area contributed by atoms with Crippen LogP contribution in [0.1, 0.15) is 23.8 Å². The van der Waals surface area contributed by atoms with Gasteiger partial charge in [-0.05, 0) is 36.8 Å². The first-order valence-electron chi connectivity index (χ1n) is 10.1. The van der Waals surface area contributed by atoms with Gasteiger partial charge in [0.1, 0.15) is 23.6 Å². The number of hydrogen-bond donors (Lipinski definition) is 4. The van der Waals surface area contributed by atoms with E-state index < -0.39 is 5.82 Å². The van der Waals surface area contributed by atoms with Gasteiger partial charge in [0.15, 0.2) is 0 Å². The highest BCUT2D eigenvalue weighted by atomic mass is 35.5. The van der Waals surface area contributed by atoms with Crippen molar-refractivity contribution in [2.75, 3.05) is 28.4 Å². The summed E-state index contributed by atoms with van der Waals surface area (Å²) in [6.45, 7) is 0.556. The van der Waals surface area contributed by atoms with Gasteiger partial charge in [0, 0.05) is 35.0 Å². The van der Waals surface area contributed by atoms with Crippen LogP contribution in [0.2, 0.25) is 0 Å². The molecule has 1 atom stereocenters. The van der Waals surface area contributed by atoms with Crippen molar-refractivity contribution in [3.63, 3.8) is 0 Å². The summed E-state index contributed by atoms with van der Waals surface area (Å²) in [7, 11) is 0. The van der Waals surface area contributed by atoms with Crippen LogP contribution >= 0.6 is 11.6 Å². The van der Waals surface area contributed by atoms with Gasteiger partial charge in [-0.2, -0.15) is 5.10 Å². The highest BCUT2D eigenvalue weighted by Gasteiger charge is 2.19.